The zero-order valence-electron chi connectivity index (χ0n) is 37.9. The number of piperazine rings is 1. The van der Waals surface area contributed by atoms with Crippen LogP contribution in [0.4, 0.5) is 17.5 Å². The smallest absolute Gasteiger partial charge is 0.319 e. The summed E-state index contributed by atoms with van der Waals surface area (Å²) in [5.41, 5.74) is 4.33. The standard InChI is InChI=1S/C49H56N10O9/c1-3-32-28-39(43(62)30-42(32)61)47-54-55-49(65)59(47)34-9-11-36(12-10-34)68-26-25-67-24-23-66-22-16-50-44(63)13-15-51-48-52-40-31-58(41-29-35(60)27-33-7-5-6-8-37(33)41)17-14-38(40)46(53-48)57-20-18-56(19-21-57)45(64)4-2/h4-12,27-30,60-62H,2-3,13-26,31H2,1H3,(H,50,63)(H,55,65)(H,51,52,53). The predicted octanol–water partition coefficient (Wildman–Crippen LogP) is 4.69. The van der Waals surface area contributed by atoms with Crippen molar-refractivity contribution in [3.63, 3.8) is 0 Å². The van der Waals surface area contributed by atoms with Gasteiger partial charge in [0.25, 0.3) is 0 Å². The maximum absolute atomic E-state index is 12.8. The molecule has 2 aromatic heterocycles. The van der Waals surface area contributed by atoms with Gasteiger partial charge in [0, 0.05) is 81.0 Å². The molecule has 1 saturated heterocycles. The third-order valence-corrected chi connectivity index (χ3v) is 11.9. The molecule has 68 heavy (non-hydrogen) atoms. The Morgan fingerprint density at radius 3 is 2.35 bits per heavy atom. The summed E-state index contributed by atoms with van der Waals surface area (Å²) in [6.07, 6.45) is 2.77. The molecule has 0 radical (unpaired) electrons. The second kappa shape index (κ2) is 21.8. The van der Waals surface area contributed by atoms with E-state index in [1.807, 2.05) is 25.1 Å². The van der Waals surface area contributed by atoms with Gasteiger partial charge in [0.05, 0.1) is 49.9 Å². The van der Waals surface area contributed by atoms with Crippen molar-refractivity contribution >= 4 is 40.0 Å². The van der Waals surface area contributed by atoms with Gasteiger partial charge in [0.2, 0.25) is 17.8 Å². The Bertz CT molecular complexity index is 2740. The van der Waals surface area contributed by atoms with Gasteiger partial charge in [-0.25, -0.2) is 9.55 Å². The van der Waals surface area contributed by atoms with Crippen LogP contribution in [0.5, 0.6) is 29.0 Å². The molecule has 0 spiro atoms. The first-order valence-electron chi connectivity index (χ1n) is 22.7. The molecule has 6 N–H and O–H groups in total. The molecule has 19 nitrogen and oxygen atoms in total. The SMILES string of the molecule is C=CC(=O)N1CCN(c2nc(NCCC(=O)NCCOCCOCCOc3ccc(-n4c(O)nnc4-c4cc(CC)c(O)cc4O)cc3)nc3c2CCN(c2cc(O)cc4ccccc24)C3)CC1. The molecular formula is C49H56N10O9. The second-order valence-electron chi connectivity index (χ2n) is 16.3. The number of phenolic OH excluding ortho intramolecular Hbond substituents is 3. The molecule has 0 saturated carbocycles. The number of phenols is 3. The minimum atomic E-state index is -0.362. The summed E-state index contributed by atoms with van der Waals surface area (Å²) in [5, 5.41) is 57.7. The molecule has 2 aliphatic rings. The van der Waals surface area contributed by atoms with E-state index in [2.05, 4.69) is 43.3 Å². The van der Waals surface area contributed by atoms with Gasteiger partial charge in [-0.05, 0) is 66.3 Å². The van der Waals surface area contributed by atoms with Crippen molar-refractivity contribution in [3.05, 3.63) is 102 Å². The van der Waals surface area contributed by atoms with Gasteiger partial charge in [-0.2, -0.15) is 4.98 Å². The number of aromatic nitrogens is 5. The molecule has 0 unspecified atom stereocenters. The van der Waals surface area contributed by atoms with Gasteiger partial charge in [-0.15, -0.1) is 5.10 Å². The summed E-state index contributed by atoms with van der Waals surface area (Å²) in [6, 6.07) is 21.0. The summed E-state index contributed by atoms with van der Waals surface area (Å²) in [6.45, 7) is 11.3. The van der Waals surface area contributed by atoms with Gasteiger partial charge in [-0.3, -0.25) is 9.59 Å². The lowest BCUT2D eigenvalue weighted by Crippen LogP contribution is -2.49. The second-order valence-corrected chi connectivity index (χ2v) is 16.3. The molecule has 0 atom stereocenters. The van der Waals surface area contributed by atoms with Crippen LogP contribution < -0.4 is 25.2 Å². The minimum absolute atomic E-state index is 0.0262. The number of hydrogen-bond donors (Lipinski definition) is 6. The van der Waals surface area contributed by atoms with Crippen LogP contribution in [-0.4, -0.2) is 141 Å². The van der Waals surface area contributed by atoms with Crippen molar-refractivity contribution in [2.24, 2.45) is 0 Å². The van der Waals surface area contributed by atoms with Crippen LogP contribution in [0.3, 0.4) is 0 Å². The fraction of sp³-hybridized carbons (Fsp3) is 0.347. The number of ether oxygens (including phenoxy) is 3. The average molecular weight is 929 g/mol. The Morgan fingerprint density at radius 1 is 0.809 bits per heavy atom. The van der Waals surface area contributed by atoms with E-state index in [9.17, 15) is 30.0 Å². The van der Waals surface area contributed by atoms with E-state index >= 15 is 0 Å². The van der Waals surface area contributed by atoms with Crippen LogP contribution in [0.2, 0.25) is 0 Å². The maximum Gasteiger partial charge on any atom is 0.319 e. The van der Waals surface area contributed by atoms with Crippen LogP contribution in [0.25, 0.3) is 27.8 Å². The third kappa shape index (κ3) is 11.0. The molecule has 6 aromatic rings. The number of fused-ring (bicyclic) bond motifs is 2. The van der Waals surface area contributed by atoms with E-state index < -0.39 is 0 Å². The number of anilines is 3. The minimum Gasteiger partial charge on any atom is -0.508 e. The number of aromatic hydroxyl groups is 4. The molecule has 1 fully saturated rings. The van der Waals surface area contributed by atoms with Crippen LogP contribution >= 0.6 is 0 Å². The van der Waals surface area contributed by atoms with E-state index in [-0.39, 0.29) is 53.9 Å². The number of carbonyl (C=O) groups is 2. The number of hydrogen-bond acceptors (Lipinski definition) is 16. The largest absolute Gasteiger partial charge is 0.508 e. The van der Waals surface area contributed by atoms with E-state index in [1.165, 1.54) is 16.7 Å². The summed E-state index contributed by atoms with van der Waals surface area (Å²) >= 11 is 0. The molecule has 0 aliphatic carbocycles. The number of nitrogens with zero attached hydrogens (tertiary/aromatic N) is 8. The summed E-state index contributed by atoms with van der Waals surface area (Å²) in [7, 11) is 0. The lowest BCUT2D eigenvalue weighted by atomic mass is 10.0. The van der Waals surface area contributed by atoms with Crippen molar-refractivity contribution in [2.45, 2.75) is 32.7 Å². The van der Waals surface area contributed by atoms with Crippen molar-refractivity contribution in [1.29, 1.82) is 0 Å². The first-order valence-corrected chi connectivity index (χ1v) is 22.7. The van der Waals surface area contributed by atoms with Gasteiger partial charge in [0.15, 0.2) is 5.82 Å². The van der Waals surface area contributed by atoms with Gasteiger partial charge >= 0.3 is 6.01 Å². The predicted molar refractivity (Wildman–Crippen MR) is 256 cm³/mol. The molecule has 2 amide bonds. The normalized spacial score (nSPS) is 13.6. The van der Waals surface area contributed by atoms with Gasteiger partial charge in [0.1, 0.15) is 35.4 Å². The highest BCUT2D eigenvalue weighted by molar-refractivity contribution is 5.96. The molecule has 19 heteroatoms. The topological polar surface area (TPSA) is 233 Å². The van der Waals surface area contributed by atoms with E-state index in [1.54, 1.807) is 47.4 Å². The highest BCUT2D eigenvalue weighted by atomic mass is 16.5. The fourth-order valence-corrected chi connectivity index (χ4v) is 8.40. The summed E-state index contributed by atoms with van der Waals surface area (Å²) < 4.78 is 18.5. The van der Waals surface area contributed by atoms with Crippen molar-refractivity contribution in [3.8, 4) is 46.1 Å². The van der Waals surface area contributed by atoms with Gasteiger partial charge in [-0.1, -0.05) is 42.9 Å². The number of carbonyl (C=O) groups excluding carboxylic acids is 2. The first-order chi connectivity index (χ1) is 33.1. The quantitative estimate of drug-likeness (QED) is 0.0450. The Labute approximate surface area is 393 Å². The van der Waals surface area contributed by atoms with Crippen molar-refractivity contribution < 1.29 is 44.2 Å². The molecule has 4 aromatic carbocycles. The number of benzene rings is 4. The lowest BCUT2D eigenvalue weighted by molar-refractivity contribution is -0.126. The number of rotatable bonds is 20. The summed E-state index contributed by atoms with van der Waals surface area (Å²) in [4.78, 5) is 41.2. The zero-order valence-corrected chi connectivity index (χ0v) is 37.9. The highest BCUT2D eigenvalue weighted by Crippen LogP contribution is 2.38. The number of aryl methyl sites for hydroxylation is 1. The molecule has 4 heterocycles. The average Bonchev–Trinajstić information content (AvgIpc) is 3.74. The van der Waals surface area contributed by atoms with E-state index in [0.29, 0.717) is 120 Å². The third-order valence-electron chi connectivity index (χ3n) is 11.9. The molecule has 8 rings (SSSR count). The molecule has 356 valence electrons. The zero-order chi connectivity index (χ0) is 47.6. The fourth-order valence-electron chi connectivity index (χ4n) is 8.40. The Balaban J connectivity index is 0.756. The van der Waals surface area contributed by atoms with Gasteiger partial charge < -0.3 is 60.0 Å². The molecule has 2 aliphatic heterocycles. The Hall–Kier alpha value is -7.64. The van der Waals surface area contributed by atoms with Crippen LogP contribution in [0, 0.1) is 0 Å². The van der Waals surface area contributed by atoms with Crippen molar-refractivity contribution in [2.75, 3.05) is 94.0 Å². The first kappa shape index (κ1) is 46.9. The van der Waals surface area contributed by atoms with Crippen molar-refractivity contribution in [1.82, 2.24) is 34.9 Å². The summed E-state index contributed by atoms with van der Waals surface area (Å²) in [5.74, 6) is 1.79. The van der Waals surface area contributed by atoms with E-state index in [0.717, 1.165) is 33.5 Å². The Morgan fingerprint density at radius 2 is 1.57 bits per heavy atom. The maximum atomic E-state index is 12.8. The van der Waals surface area contributed by atoms with Crippen LogP contribution in [0.1, 0.15) is 30.2 Å². The molecule has 0 bridgehead atoms. The lowest BCUT2D eigenvalue weighted by Gasteiger charge is -2.38. The van der Waals surface area contributed by atoms with Crippen LogP contribution in [0.15, 0.2) is 85.5 Å². The highest BCUT2D eigenvalue weighted by Gasteiger charge is 2.29. The number of nitrogens with one attached hydrogen (secondary N) is 2. The Kier molecular flexibility index (Phi) is 15.0. The number of amides is 2. The van der Waals surface area contributed by atoms with Crippen LogP contribution in [-0.2, 0) is 38.4 Å². The van der Waals surface area contributed by atoms with E-state index in [4.69, 9.17) is 24.2 Å². The monoisotopic (exact) mass is 928 g/mol. The molecular weight excluding hydrogens is 873 g/mol.